The summed E-state index contributed by atoms with van der Waals surface area (Å²) in [4.78, 5) is 0. The molecule has 0 unspecified atom stereocenters. The molecule has 0 bridgehead atoms. The Labute approximate surface area is 297 Å². The fraction of sp³-hybridized carbons (Fsp3) is 1.00. The number of hydrogen-bond acceptors (Lipinski definition) is 14. The molecule has 0 heterocycles. The van der Waals surface area contributed by atoms with Crippen LogP contribution in [0.2, 0.25) is 24.2 Å². The topological polar surface area (TPSA) is 117 Å². The van der Waals surface area contributed by atoms with E-state index in [1.54, 1.807) is 42.7 Å². The van der Waals surface area contributed by atoms with Crippen molar-refractivity contribution in [3.05, 3.63) is 0 Å². The van der Waals surface area contributed by atoms with E-state index in [9.17, 15) is 0 Å². The predicted octanol–water partition coefficient (Wildman–Crippen LogP) is 4.92. The summed E-state index contributed by atoms with van der Waals surface area (Å²) in [6.45, 7) is 18.4. The first-order valence-corrected chi connectivity index (χ1v) is 25.5. The fourth-order valence-corrected chi connectivity index (χ4v) is 14.4. The summed E-state index contributed by atoms with van der Waals surface area (Å²) in [5, 5.41) is 4.87. The zero-order valence-electron chi connectivity index (χ0n) is 32.5. The van der Waals surface area contributed by atoms with Gasteiger partial charge in [0, 0.05) is 133 Å². The highest BCUT2D eigenvalue weighted by Crippen LogP contribution is 2.24. The largest absolute Gasteiger partial charge is 0.500 e. The van der Waals surface area contributed by atoms with Gasteiger partial charge in [-0.1, -0.05) is 0 Å². The van der Waals surface area contributed by atoms with Gasteiger partial charge in [0.05, 0.1) is 0 Å². The Balaban J connectivity index is 6.33. The molecule has 0 aromatic heterocycles. The van der Waals surface area contributed by atoms with Crippen LogP contribution < -0.4 is 0 Å². The van der Waals surface area contributed by atoms with Gasteiger partial charge in [-0.3, -0.25) is 0 Å². The third kappa shape index (κ3) is 17.2. The highest BCUT2D eigenvalue weighted by atomic mass is 28.4. The van der Waals surface area contributed by atoms with Crippen molar-refractivity contribution in [2.45, 2.75) is 91.4 Å². The molecule has 14 nitrogen and oxygen atoms in total. The van der Waals surface area contributed by atoms with E-state index in [1.165, 1.54) is 0 Å². The highest BCUT2D eigenvalue weighted by molar-refractivity contribution is 6.61. The minimum Gasteiger partial charge on any atom is -0.377 e. The van der Waals surface area contributed by atoms with E-state index < -0.39 is 35.2 Å². The molecule has 0 aromatic carbocycles. The van der Waals surface area contributed by atoms with Gasteiger partial charge < -0.3 is 53.1 Å². The van der Waals surface area contributed by atoms with Gasteiger partial charge in [0.1, 0.15) is 0 Å². The average Bonchev–Trinajstić information content (AvgIpc) is 3.08. The molecule has 0 aliphatic rings. The molecule has 0 saturated carbocycles. The SMILES string of the molecule is CCO[Si](CCCN(CCC[Si](OCC)(OCC)OCC)N(CCC[Si](OC)(OC)OC)CCC[Si](OC)(OC)OC)(OCC)OCC. The standard InChI is InChI=1S/C30H72N2O12Si4/c1-13-39-47(40-14-2,41-15-3)29-21-25-32(26-22-30-48(42-16-4,43-17-5)44-18-6)31(23-19-27-45(33-7,34-8)35-9)24-20-28-46(36-10,37-11)38-12/h13-30H2,1-12H3. The Kier molecular flexibility index (Phi) is 28.1. The molecule has 0 aliphatic heterocycles. The third-order valence-electron chi connectivity index (χ3n) is 8.05. The Hall–Kier alpha value is 0.308. The molecule has 48 heavy (non-hydrogen) atoms. The van der Waals surface area contributed by atoms with E-state index in [2.05, 4.69) is 10.0 Å². The number of rotatable bonds is 35. The lowest BCUT2D eigenvalue weighted by molar-refractivity contribution is -0.0299. The van der Waals surface area contributed by atoms with Crippen molar-refractivity contribution in [3.8, 4) is 0 Å². The molecular weight excluding hydrogens is 693 g/mol. The number of hydrogen-bond donors (Lipinski definition) is 0. The van der Waals surface area contributed by atoms with Crippen LogP contribution in [0.5, 0.6) is 0 Å². The van der Waals surface area contributed by atoms with Gasteiger partial charge in [0.25, 0.3) is 0 Å². The first kappa shape index (κ1) is 48.3. The van der Waals surface area contributed by atoms with Crippen LogP contribution in [0.4, 0.5) is 0 Å². The Bertz CT molecular complexity index is 652. The van der Waals surface area contributed by atoms with Gasteiger partial charge in [0.15, 0.2) is 0 Å². The van der Waals surface area contributed by atoms with Crippen molar-refractivity contribution >= 4 is 35.2 Å². The molecular formula is C30H72N2O12Si4. The van der Waals surface area contributed by atoms with Crippen molar-refractivity contribution in [2.75, 3.05) is 108 Å². The van der Waals surface area contributed by atoms with Crippen LogP contribution in [0.3, 0.4) is 0 Å². The molecule has 0 radical (unpaired) electrons. The normalized spacial score (nSPS) is 13.4. The van der Waals surface area contributed by atoms with E-state index in [4.69, 9.17) is 53.1 Å². The zero-order valence-corrected chi connectivity index (χ0v) is 36.5. The maximum atomic E-state index is 6.18. The maximum Gasteiger partial charge on any atom is 0.500 e. The Morgan fingerprint density at radius 3 is 0.667 bits per heavy atom. The van der Waals surface area contributed by atoms with Crippen molar-refractivity contribution < 1.29 is 53.1 Å². The number of hydrazine groups is 1. The van der Waals surface area contributed by atoms with Crippen LogP contribution in [0.25, 0.3) is 0 Å². The van der Waals surface area contributed by atoms with Gasteiger partial charge >= 0.3 is 35.2 Å². The minimum atomic E-state index is -2.81. The summed E-state index contributed by atoms with van der Waals surface area (Å²) in [6.07, 6.45) is 3.33. The van der Waals surface area contributed by atoms with Crippen molar-refractivity contribution in [3.63, 3.8) is 0 Å². The van der Waals surface area contributed by atoms with Gasteiger partial charge in [-0.15, -0.1) is 0 Å². The minimum absolute atomic E-state index is 0.551. The van der Waals surface area contributed by atoms with E-state index >= 15 is 0 Å². The van der Waals surface area contributed by atoms with E-state index in [-0.39, 0.29) is 0 Å². The summed E-state index contributed by atoms with van der Waals surface area (Å²) < 4.78 is 71.5. The highest BCUT2D eigenvalue weighted by Gasteiger charge is 2.42. The average molecular weight is 765 g/mol. The Morgan fingerprint density at radius 1 is 0.312 bits per heavy atom. The lowest BCUT2D eigenvalue weighted by atomic mass is 10.3. The van der Waals surface area contributed by atoms with Crippen molar-refractivity contribution in [1.29, 1.82) is 0 Å². The maximum absolute atomic E-state index is 6.18. The van der Waals surface area contributed by atoms with Crippen LogP contribution in [0.15, 0.2) is 0 Å². The fourth-order valence-electron chi connectivity index (χ4n) is 5.82. The van der Waals surface area contributed by atoms with Crippen molar-refractivity contribution in [1.82, 2.24) is 10.0 Å². The lowest BCUT2D eigenvalue weighted by Gasteiger charge is -2.38. The monoisotopic (exact) mass is 764 g/mol. The van der Waals surface area contributed by atoms with Crippen LogP contribution in [-0.2, 0) is 53.1 Å². The van der Waals surface area contributed by atoms with Gasteiger partial charge in [0.2, 0.25) is 0 Å². The van der Waals surface area contributed by atoms with Gasteiger partial charge in [-0.2, -0.15) is 0 Å². The van der Waals surface area contributed by atoms with E-state index in [1.807, 2.05) is 41.5 Å². The molecule has 0 atom stereocenters. The van der Waals surface area contributed by atoms with Crippen molar-refractivity contribution in [2.24, 2.45) is 0 Å². The molecule has 18 heteroatoms. The predicted molar refractivity (Wildman–Crippen MR) is 196 cm³/mol. The van der Waals surface area contributed by atoms with Crippen LogP contribution in [-0.4, -0.2) is 154 Å². The summed E-state index contributed by atoms with van der Waals surface area (Å²) in [5.41, 5.74) is 0. The quantitative estimate of drug-likeness (QED) is 0.0642. The summed E-state index contributed by atoms with van der Waals surface area (Å²) >= 11 is 0. The zero-order chi connectivity index (χ0) is 36.4. The van der Waals surface area contributed by atoms with E-state index in [0.29, 0.717) is 51.7 Å². The summed E-state index contributed by atoms with van der Waals surface area (Å²) in [7, 11) is -1.15. The summed E-state index contributed by atoms with van der Waals surface area (Å²) in [6, 6.07) is 2.83. The molecule has 0 N–H and O–H groups in total. The smallest absolute Gasteiger partial charge is 0.377 e. The molecule has 0 amide bonds. The summed E-state index contributed by atoms with van der Waals surface area (Å²) in [5.74, 6) is 0. The molecule has 0 saturated heterocycles. The molecule has 0 fully saturated rings. The second-order valence-electron chi connectivity index (χ2n) is 10.9. The van der Waals surface area contributed by atoms with Gasteiger partial charge in [-0.05, 0) is 67.2 Å². The van der Waals surface area contributed by atoms with E-state index in [0.717, 1.165) is 64.0 Å². The molecule has 0 aromatic rings. The van der Waals surface area contributed by atoms with Gasteiger partial charge in [-0.25, -0.2) is 10.0 Å². The molecule has 0 aliphatic carbocycles. The number of nitrogens with zero attached hydrogens (tertiary/aromatic N) is 2. The lowest BCUT2D eigenvalue weighted by Crippen LogP contribution is -2.50. The first-order valence-electron chi connectivity index (χ1n) is 17.8. The van der Waals surface area contributed by atoms with Crippen LogP contribution in [0, 0.1) is 0 Å². The second kappa shape index (κ2) is 27.9. The molecule has 0 spiro atoms. The second-order valence-corrected chi connectivity index (χ2v) is 22.5. The first-order chi connectivity index (χ1) is 23.1. The molecule has 290 valence electrons. The van der Waals surface area contributed by atoms with Crippen LogP contribution >= 0.6 is 0 Å². The molecule has 0 rings (SSSR count). The third-order valence-corrected chi connectivity index (χ3v) is 20.0. The van der Waals surface area contributed by atoms with Crippen LogP contribution in [0.1, 0.15) is 67.2 Å². The Morgan fingerprint density at radius 2 is 0.500 bits per heavy atom.